The first kappa shape index (κ1) is 37.1. The number of carbonyl (C=O) groups excluding carboxylic acids is 6. The fourth-order valence-electron chi connectivity index (χ4n) is 5.89. The first-order valence-electron chi connectivity index (χ1n) is 16.2. The number of carbonyl (C=O) groups is 6. The van der Waals surface area contributed by atoms with E-state index in [2.05, 4.69) is 26.6 Å². The van der Waals surface area contributed by atoms with Crippen LogP contribution in [0.5, 0.6) is 0 Å². The first-order chi connectivity index (χ1) is 22.1. The van der Waals surface area contributed by atoms with Gasteiger partial charge in [0.15, 0.2) is 0 Å². The molecule has 7 amide bonds. The number of nitrogens with one attached hydrogen (secondary N) is 5. The van der Waals surface area contributed by atoms with Gasteiger partial charge in [0, 0.05) is 45.1 Å². The molecule has 260 valence electrons. The number of alkyl carbamates (subject to hydrolysis) is 1. The zero-order chi connectivity index (χ0) is 34.8. The Hall–Kier alpha value is -4.36. The largest absolute Gasteiger partial charge is 0.444 e. The minimum Gasteiger partial charge on any atom is -0.444 e. The van der Waals surface area contributed by atoms with Crippen molar-refractivity contribution in [2.75, 3.05) is 46.3 Å². The number of amides is 7. The Balaban J connectivity index is 1.52. The molecule has 3 atom stereocenters. The van der Waals surface area contributed by atoms with Crippen molar-refractivity contribution in [1.29, 1.82) is 0 Å². The molecule has 2 aliphatic rings. The Morgan fingerprint density at radius 2 is 1.45 bits per heavy atom. The van der Waals surface area contributed by atoms with Crippen LogP contribution in [0.15, 0.2) is 30.3 Å². The van der Waals surface area contributed by atoms with Gasteiger partial charge >= 0.3 is 12.1 Å². The predicted molar refractivity (Wildman–Crippen MR) is 175 cm³/mol. The Kier molecular flexibility index (Phi) is 13.0. The standard InChI is InChI=1S/C33H51N7O7/c1-22(2)16-24(28(43)36-19-27(42)39-14-12-33(20-39)13-15-40(21-33)30(45)34-6)37-26(41)18-35-29(44)25(17-23-10-8-7-9-11-23)38-31(46)47-32(3,4)5/h7-11,22,24-25H,12-21H2,1-6H3,(H,34,45)(H,35,44)(H,36,43)(H,37,41)(H,38,46)/t24-,25-,33?/m1/s1. The smallest absolute Gasteiger partial charge is 0.408 e. The summed E-state index contributed by atoms with van der Waals surface area (Å²) >= 11 is 0. The molecule has 1 spiro atoms. The maximum absolute atomic E-state index is 13.1. The van der Waals surface area contributed by atoms with Crippen molar-refractivity contribution in [3.05, 3.63) is 35.9 Å². The maximum Gasteiger partial charge on any atom is 0.408 e. The Morgan fingerprint density at radius 3 is 2.06 bits per heavy atom. The molecule has 2 fully saturated rings. The van der Waals surface area contributed by atoms with Gasteiger partial charge in [-0.1, -0.05) is 44.2 Å². The van der Waals surface area contributed by atoms with E-state index in [0.717, 1.165) is 18.4 Å². The lowest BCUT2D eigenvalue weighted by Crippen LogP contribution is -2.54. The van der Waals surface area contributed by atoms with E-state index in [9.17, 15) is 28.8 Å². The molecule has 1 aromatic carbocycles. The number of urea groups is 1. The van der Waals surface area contributed by atoms with Crippen molar-refractivity contribution in [3.8, 4) is 0 Å². The van der Waals surface area contributed by atoms with E-state index in [1.807, 2.05) is 44.2 Å². The maximum atomic E-state index is 13.1. The molecule has 2 aliphatic heterocycles. The average molecular weight is 658 g/mol. The molecule has 3 rings (SSSR count). The highest BCUT2D eigenvalue weighted by Gasteiger charge is 2.45. The third-order valence-electron chi connectivity index (χ3n) is 8.22. The van der Waals surface area contributed by atoms with E-state index in [-0.39, 0.29) is 36.2 Å². The second-order valence-electron chi connectivity index (χ2n) is 13.9. The molecule has 2 heterocycles. The van der Waals surface area contributed by atoms with Gasteiger partial charge in [-0.2, -0.15) is 0 Å². The van der Waals surface area contributed by atoms with Crippen LogP contribution in [0.2, 0.25) is 0 Å². The molecule has 0 radical (unpaired) electrons. The Morgan fingerprint density at radius 1 is 0.851 bits per heavy atom. The predicted octanol–water partition coefficient (Wildman–Crippen LogP) is 1.15. The summed E-state index contributed by atoms with van der Waals surface area (Å²) in [7, 11) is 1.60. The lowest BCUT2D eigenvalue weighted by Gasteiger charge is -2.25. The molecule has 47 heavy (non-hydrogen) atoms. The van der Waals surface area contributed by atoms with Crippen LogP contribution in [-0.4, -0.2) is 110 Å². The number of hydrogen-bond donors (Lipinski definition) is 5. The van der Waals surface area contributed by atoms with Crippen molar-refractivity contribution in [3.63, 3.8) is 0 Å². The fourth-order valence-corrected chi connectivity index (χ4v) is 5.89. The number of benzene rings is 1. The van der Waals surface area contributed by atoms with Crippen LogP contribution < -0.4 is 26.6 Å². The van der Waals surface area contributed by atoms with E-state index < -0.39 is 48.0 Å². The number of ether oxygens (including phenoxy) is 1. The van der Waals surface area contributed by atoms with Crippen molar-refractivity contribution in [2.24, 2.45) is 11.3 Å². The van der Waals surface area contributed by atoms with Crippen LogP contribution in [0.3, 0.4) is 0 Å². The fraction of sp³-hybridized carbons (Fsp3) is 0.636. The summed E-state index contributed by atoms with van der Waals surface area (Å²) in [4.78, 5) is 80.1. The lowest BCUT2D eigenvalue weighted by molar-refractivity contribution is -0.134. The zero-order valence-corrected chi connectivity index (χ0v) is 28.4. The van der Waals surface area contributed by atoms with Crippen molar-refractivity contribution in [2.45, 2.75) is 78.0 Å². The zero-order valence-electron chi connectivity index (χ0n) is 28.4. The van der Waals surface area contributed by atoms with Gasteiger partial charge in [-0.05, 0) is 51.5 Å². The molecule has 14 heteroatoms. The van der Waals surface area contributed by atoms with Gasteiger partial charge in [-0.15, -0.1) is 0 Å². The highest BCUT2D eigenvalue weighted by molar-refractivity contribution is 5.93. The summed E-state index contributed by atoms with van der Waals surface area (Å²) in [6.45, 7) is 10.6. The average Bonchev–Trinajstić information content (AvgIpc) is 3.63. The van der Waals surface area contributed by atoms with Gasteiger partial charge in [0.2, 0.25) is 23.6 Å². The summed E-state index contributed by atoms with van der Waals surface area (Å²) in [6.07, 6.45) is 1.33. The minimum atomic E-state index is -1.01. The second-order valence-corrected chi connectivity index (χ2v) is 13.9. The quantitative estimate of drug-likeness (QED) is 0.224. The van der Waals surface area contributed by atoms with Crippen LogP contribution in [0.4, 0.5) is 9.59 Å². The molecule has 0 aliphatic carbocycles. The summed E-state index contributed by atoms with van der Waals surface area (Å²) in [5.41, 5.74) is -0.0982. The topological polar surface area (TPSA) is 178 Å². The van der Waals surface area contributed by atoms with Gasteiger partial charge < -0.3 is 41.1 Å². The lowest BCUT2D eigenvalue weighted by atomic mass is 9.86. The number of likely N-dealkylation sites (tertiary alicyclic amines) is 2. The summed E-state index contributed by atoms with van der Waals surface area (Å²) in [6, 6.07) is 7.05. The third kappa shape index (κ3) is 11.7. The van der Waals surface area contributed by atoms with Gasteiger partial charge in [0.05, 0.1) is 13.1 Å². The molecule has 0 saturated carbocycles. The highest BCUT2D eigenvalue weighted by Crippen LogP contribution is 2.39. The van der Waals surface area contributed by atoms with Gasteiger partial charge in [0.1, 0.15) is 17.7 Å². The van der Waals surface area contributed by atoms with E-state index in [1.54, 1.807) is 37.6 Å². The van der Waals surface area contributed by atoms with Crippen molar-refractivity contribution < 1.29 is 33.5 Å². The molecule has 0 bridgehead atoms. The molecule has 1 unspecified atom stereocenters. The number of rotatable bonds is 12. The van der Waals surface area contributed by atoms with Crippen LogP contribution in [0.1, 0.15) is 59.4 Å². The van der Waals surface area contributed by atoms with Gasteiger partial charge in [-0.3, -0.25) is 19.2 Å². The van der Waals surface area contributed by atoms with E-state index in [4.69, 9.17) is 4.74 Å². The van der Waals surface area contributed by atoms with Gasteiger partial charge in [0.25, 0.3) is 0 Å². The second kappa shape index (κ2) is 16.5. The molecule has 14 nitrogen and oxygen atoms in total. The van der Waals surface area contributed by atoms with Crippen LogP contribution in [0, 0.1) is 11.3 Å². The summed E-state index contributed by atoms with van der Waals surface area (Å²) in [5, 5.41) is 13.1. The number of nitrogens with zero attached hydrogens (tertiary/aromatic N) is 2. The summed E-state index contributed by atoms with van der Waals surface area (Å²) < 4.78 is 5.31. The molecule has 1 aromatic rings. The van der Waals surface area contributed by atoms with Crippen LogP contribution in [-0.2, 0) is 30.3 Å². The van der Waals surface area contributed by atoms with E-state index >= 15 is 0 Å². The van der Waals surface area contributed by atoms with E-state index in [0.29, 0.717) is 32.6 Å². The molecular weight excluding hydrogens is 606 g/mol. The Bertz CT molecular complexity index is 1280. The van der Waals surface area contributed by atoms with E-state index in [1.165, 1.54) is 0 Å². The first-order valence-corrected chi connectivity index (χ1v) is 16.2. The third-order valence-corrected chi connectivity index (χ3v) is 8.22. The Labute approximate surface area is 277 Å². The molecule has 2 saturated heterocycles. The van der Waals surface area contributed by atoms with Crippen LogP contribution >= 0.6 is 0 Å². The van der Waals surface area contributed by atoms with Crippen LogP contribution in [0.25, 0.3) is 0 Å². The molecule has 0 aromatic heterocycles. The molecular formula is C33H51N7O7. The minimum absolute atomic E-state index is 0.0497. The van der Waals surface area contributed by atoms with Crippen molar-refractivity contribution in [1.82, 2.24) is 36.4 Å². The SMILES string of the molecule is CNC(=O)N1CCC2(CCN(C(=O)CNC(=O)[C@@H](CC(C)C)NC(=O)CNC(=O)[C@@H](Cc3ccccc3)NC(=O)OC(C)(C)C)C2)C1. The summed E-state index contributed by atoms with van der Waals surface area (Å²) in [5.74, 6) is -1.86. The van der Waals surface area contributed by atoms with Gasteiger partial charge in [-0.25, -0.2) is 9.59 Å². The number of hydrogen-bond acceptors (Lipinski definition) is 7. The van der Waals surface area contributed by atoms with Crippen molar-refractivity contribution >= 4 is 35.8 Å². The monoisotopic (exact) mass is 657 g/mol. The molecule has 5 N–H and O–H groups in total. The normalized spacial score (nSPS) is 18.8. The highest BCUT2D eigenvalue weighted by atomic mass is 16.6.